The Morgan fingerprint density at radius 2 is 1.85 bits per heavy atom. The molecule has 0 radical (unpaired) electrons. The minimum Gasteiger partial charge on any atom is -0.464 e. The van der Waals surface area contributed by atoms with Crippen molar-refractivity contribution in [1.82, 2.24) is 10.2 Å². The molecule has 3 aromatic rings. The van der Waals surface area contributed by atoms with Crippen LogP contribution < -0.4 is 5.32 Å². The number of aromatic nitrogens is 2. The van der Waals surface area contributed by atoms with Crippen molar-refractivity contribution in [3.8, 4) is 11.5 Å². The molecule has 5 nitrogen and oxygen atoms in total. The van der Waals surface area contributed by atoms with Crippen molar-refractivity contribution in [2.75, 3.05) is 5.32 Å². The molecular weight excluding hydrogens is 254 g/mol. The van der Waals surface area contributed by atoms with E-state index < -0.39 is 0 Å². The molecule has 0 amide bonds. The highest BCUT2D eigenvalue weighted by atomic mass is 16.4. The average Bonchev–Trinajstić information content (AvgIpc) is 3.17. The third-order valence-corrected chi connectivity index (χ3v) is 3.02. The summed E-state index contributed by atoms with van der Waals surface area (Å²) in [6.07, 6.45) is 2.24. The Labute approximate surface area is 116 Å². The summed E-state index contributed by atoms with van der Waals surface area (Å²) in [6, 6.07) is 11.8. The van der Waals surface area contributed by atoms with Crippen molar-refractivity contribution in [3.63, 3.8) is 0 Å². The van der Waals surface area contributed by atoms with Crippen molar-refractivity contribution < 1.29 is 8.83 Å². The van der Waals surface area contributed by atoms with Crippen molar-refractivity contribution in [2.45, 2.75) is 19.9 Å². The van der Waals surface area contributed by atoms with Gasteiger partial charge in [-0.3, -0.25) is 0 Å². The lowest BCUT2D eigenvalue weighted by Crippen LogP contribution is -1.97. The molecule has 0 saturated heterocycles. The van der Waals surface area contributed by atoms with Gasteiger partial charge < -0.3 is 14.2 Å². The molecule has 1 N–H and O–H groups in total. The first-order valence-corrected chi connectivity index (χ1v) is 6.53. The SMILES string of the molecule is CCc1ccc(CNc2ccc(-c3nnco3)cc2)o1. The number of rotatable bonds is 5. The van der Waals surface area contributed by atoms with Crippen LogP contribution in [0.2, 0.25) is 0 Å². The summed E-state index contributed by atoms with van der Waals surface area (Å²) < 4.78 is 10.8. The van der Waals surface area contributed by atoms with Gasteiger partial charge in [0.15, 0.2) is 0 Å². The van der Waals surface area contributed by atoms with Gasteiger partial charge in [-0.1, -0.05) is 6.92 Å². The van der Waals surface area contributed by atoms with Crippen molar-refractivity contribution in [3.05, 3.63) is 54.3 Å². The first-order chi connectivity index (χ1) is 9.85. The highest BCUT2D eigenvalue weighted by Gasteiger charge is 2.04. The van der Waals surface area contributed by atoms with Crippen molar-refractivity contribution in [1.29, 1.82) is 0 Å². The Balaban J connectivity index is 1.63. The molecule has 5 heteroatoms. The van der Waals surface area contributed by atoms with Crippen LogP contribution in [0.25, 0.3) is 11.5 Å². The molecule has 0 aliphatic heterocycles. The Morgan fingerprint density at radius 1 is 1.05 bits per heavy atom. The molecular formula is C15H15N3O2. The predicted octanol–water partition coefficient (Wildman–Crippen LogP) is 3.50. The standard InChI is InChI=1S/C15H15N3O2/c1-2-13-7-8-14(20-13)9-16-12-5-3-11(4-6-12)15-18-17-10-19-15/h3-8,10,16H,2,9H2,1H3. The number of aryl methyl sites for hydroxylation is 1. The smallest absolute Gasteiger partial charge is 0.247 e. The van der Waals surface area contributed by atoms with Gasteiger partial charge in [0.05, 0.1) is 6.54 Å². The lowest BCUT2D eigenvalue weighted by atomic mass is 10.2. The molecule has 0 spiro atoms. The summed E-state index contributed by atoms with van der Waals surface area (Å²) in [5, 5.41) is 10.8. The highest BCUT2D eigenvalue weighted by Crippen LogP contribution is 2.19. The second-order valence-electron chi connectivity index (χ2n) is 4.40. The third kappa shape index (κ3) is 2.71. The van der Waals surface area contributed by atoms with E-state index in [1.807, 2.05) is 36.4 Å². The second-order valence-corrected chi connectivity index (χ2v) is 4.40. The van der Waals surface area contributed by atoms with Crippen LogP contribution in [0, 0.1) is 0 Å². The van der Waals surface area contributed by atoms with E-state index in [0.717, 1.165) is 29.2 Å². The van der Waals surface area contributed by atoms with Crippen molar-refractivity contribution in [2.24, 2.45) is 0 Å². The Morgan fingerprint density at radius 3 is 2.50 bits per heavy atom. The van der Waals surface area contributed by atoms with E-state index in [-0.39, 0.29) is 0 Å². The minimum absolute atomic E-state index is 0.523. The zero-order valence-corrected chi connectivity index (χ0v) is 11.2. The summed E-state index contributed by atoms with van der Waals surface area (Å²) in [5.41, 5.74) is 1.92. The summed E-state index contributed by atoms with van der Waals surface area (Å²) >= 11 is 0. The van der Waals surface area contributed by atoms with Crippen molar-refractivity contribution >= 4 is 5.69 Å². The van der Waals surface area contributed by atoms with Crippen LogP contribution in [0.4, 0.5) is 5.69 Å². The fourth-order valence-corrected chi connectivity index (χ4v) is 1.93. The fraction of sp³-hybridized carbons (Fsp3) is 0.200. The lowest BCUT2D eigenvalue weighted by Gasteiger charge is -2.04. The molecule has 0 aliphatic carbocycles. The molecule has 0 atom stereocenters. The Kier molecular flexibility index (Phi) is 3.50. The minimum atomic E-state index is 0.523. The van der Waals surface area contributed by atoms with E-state index in [9.17, 15) is 0 Å². The number of hydrogen-bond donors (Lipinski definition) is 1. The van der Waals surface area contributed by atoms with Gasteiger partial charge in [0.25, 0.3) is 0 Å². The molecule has 1 aromatic carbocycles. The molecule has 2 aromatic heterocycles. The first-order valence-electron chi connectivity index (χ1n) is 6.53. The van der Waals surface area contributed by atoms with E-state index >= 15 is 0 Å². The fourth-order valence-electron chi connectivity index (χ4n) is 1.93. The van der Waals surface area contributed by atoms with E-state index in [4.69, 9.17) is 8.83 Å². The van der Waals surface area contributed by atoms with Gasteiger partial charge >= 0.3 is 0 Å². The Bertz CT molecular complexity index is 657. The molecule has 0 fully saturated rings. The van der Waals surface area contributed by atoms with Crippen LogP contribution in [0.5, 0.6) is 0 Å². The van der Waals surface area contributed by atoms with Crippen LogP contribution in [-0.4, -0.2) is 10.2 Å². The zero-order chi connectivity index (χ0) is 13.8. The van der Waals surface area contributed by atoms with E-state index in [1.54, 1.807) is 0 Å². The molecule has 0 unspecified atom stereocenters. The van der Waals surface area contributed by atoms with Gasteiger partial charge in [-0.05, 0) is 36.4 Å². The summed E-state index contributed by atoms with van der Waals surface area (Å²) in [7, 11) is 0. The van der Waals surface area contributed by atoms with Gasteiger partial charge in [-0.15, -0.1) is 10.2 Å². The van der Waals surface area contributed by atoms with Crippen LogP contribution in [0.1, 0.15) is 18.4 Å². The highest BCUT2D eigenvalue weighted by molar-refractivity contribution is 5.58. The molecule has 2 heterocycles. The predicted molar refractivity (Wildman–Crippen MR) is 75.1 cm³/mol. The summed E-state index contributed by atoms with van der Waals surface area (Å²) in [6.45, 7) is 2.74. The van der Waals surface area contributed by atoms with E-state index in [2.05, 4.69) is 22.4 Å². The monoisotopic (exact) mass is 269 g/mol. The maximum Gasteiger partial charge on any atom is 0.247 e. The molecule has 0 aliphatic rings. The molecule has 20 heavy (non-hydrogen) atoms. The van der Waals surface area contributed by atoms with Crippen LogP contribution in [0.3, 0.4) is 0 Å². The average molecular weight is 269 g/mol. The van der Waals surface area contributed by atoms with E-state index in [0.29, 0.717) is 12.4 Å². The third-order valence-electron chi connectivity index (χ3n) is 3.02. The summed E-state index contributed by atoms with van der Waals surface area (Å²) in [4.78, 5) is 0. The second kappa shape index (κ2) is 5.61. The molecule has 0 bridgehead atoms. The number of benzene rings is 1. The van der Waals surface area contributed by atoms with Gasteiger partial charge in [0, 0.05) is 17.7 Å². The largest absolute Gasteiger partial charge is 0.464 e. The lowest BCUT2D eigenvalue weighted by molar-refractivity contribution is 0.476. The zero-order valence-electron chi connectivity index (χ0n) is 11.2. The summed E-state index contributed by atoms with van der Waals surface area (Å²) in [5.74, 6) is 2.46. The number of nitrogens with zero attached hydrogens (tertiary/aromatic N) is 2. The van der Waals surface area contributed by atoms with Crippen LogP contribution >= 0.6 is 0 Å². The number of anilines is 1. The topological polar surface area (TPSA) is 64.1 Å². The van der Waals surface area contributed by atoms with Gasteiger partial charge in [0.1, 0.15) is 11.5 Å². The van der Waals surface area contributed by atoms with Crippen LogP contribution in [-0.2, 0) is 13.0 Å². The normalized spacial score (nSPS) is 10.7. The molecule has 0 saturated carbocycles. The van der Waals surface area contributed by atoms with Gasteiger partial charge in [0.2, 0.25) is 12.3 Å². The number of furan rings is 1. The van der Waals surface area contributed by atoms with Gasteiger partial charge in [-0.25, -0.2) is 0 Å². The first kappa shape index (κ1) is 12.5. The van der Waals surface area contributed by atoms with Crippen LogP contribution in [0.15, 0.2) is 51.6 Å². The molecule has 3 rings (SSSR count). The Hall–Kier alpha value is -2.56. The number of nitrogens with one attached hydrogen (secondary N) is 1. The quantitative estimate of drug-likeness (QED) is 0.768. The van der Waals surface area contributed by atoms with Gasteiger partial charge in [-0.2, -0.15) is 0 Å². The number of hydrogen-bond acceptors (Lipinski definition) is 5. The molecule has 102 valence electrons. The van der Waals surface area contributed by atoms with E-state index in [1.165, 1.54) is 6.39 Å². The maximum absolute atomic E-state index is 5.64. The maximum atomic E-state index is 5.64.